The van der Waals surface area contributed by atoms with E-state index in [0.29, 0.717) is 12.0 Å². The molecule has 1 aromatic heterocycles. The van der Waals surface area contributed by atoms with E-state index < -0.39 is 0 Å². The predicted molar refractivity (Wildman–Crippen MR) is 95.2 cm³/mol. The first-order chi connectivity index (χ1) is 12.1. The van der Waals surface area contributed by atoms with Crippen LogP contribution >= 0.6 is 0 Å². The minimum atomic E-state index is -0.0560. The highest BCUT2D eigenvalue weighted by Gasteiger charge is 2.50. The molecule has 1 heterocycles. The van der Waals surface area contributed by atoms with Crippen LogP contribution in [-0.4, -0.2) is 10.7 Å². The van der Waals surface area contributed by atoms with Crippen LogP contribution in [0.3, 0.4) is 0 Å². The highest BCUT2D eigenvalue weighted by molar-refractivity contribution is 5.66. The number of hydrogen-bond acceptors (Lipinski definition) is 3. The molecule has 134 valence electrons. The topological polar surface area (TPSA) is 38.1 Å². The third-order valence-electron chi connectivity index (χ3n) is 7.00. The number of rotatable bonds is 4. The standard InChI is InChI=1S/C21H27FN2O/c1-13-4-17(22)2-3-19(13)20-8-18(24-25-20)12-23-21-9-14-5-15(10-21)7-16(6-14)11-21/h2-3,8,13-16,23H,4-7,9-12H2,1H3. The second kappa shape index (κ2) is 5.80. The lowest BCUT2D eigenvalue weighted by Gasteiger charge is -2.57. The summed E-state index contributed by atoms with van der Waals surface area (Å²) in [5, 5.41) is 8.13. The molecule has 25 heavy (non-hydrogen) atoms. The fourth-order valence-corrected chi connectivity index (χ4v) is 6.28. The molecule has 3 nitrogen and oxygen atoms in total. The van der Waals surface area contributed by atoms with Gasteiger partial charge >= 0.3 is 0 Å². The summed E-state index contributed by atoms with van der Waals surface area (Å²) in [6, 6.07) is 2.03. The Labute approximate surface area is 148 Å². The first-order valence-electron chi connectivity index (χ1n) is 9.86. The second-order valence-electron chi connectivity index (χ2n) is 9.07. The number of halogens is 1. The van der Waals surface area contributed by atoms with E-state index in [1.54, 1.807) is 6.08 Å². The van der Waals surface area contributed by atoms with Crippen molar-refractivity contribution in [2.24, 2.45) is 23.7 Å². The van der Waals surface area contributed by atoms with E-state index in [2.05, 4.69) is 10.5 Å². The van der Waals surface area contributed by atoms with Gasteiger partial charge in [-0.25, -0.2) is 4.39 Å². The molecule has 4 saturated carbocycles. The van der Waals surface area contributed by atoms with Gasteiger partial charge in [-0.1, -0.05) is 18.2 Å². The molecule has 1 unspecified atom stereocenters. The maximum atomic E-state index is 13.4. The Morgan fingerprint density at radius 2 is 1.84 bits per heavy atom. The third-order valence-corrected chi connectivity index (χ3v) is 7.00. The monoisotopic (exact) mass is 342 g/mol. The maximum absolute atomic E-state index is 13.4. The van der Waals surface area contributed by atoms with Gasteiger partial charge in [-0.05, 0) is 68.3 Å². The highest BCUT2D eigenvalue weighted by Crippen LogP contribution is 2.55. The zero-order valence-corrected chi connectivity index (χ0v) is 14.9. The first kappa shape index (κ1) is 15.8. The van der Waals surface area contributed by atoms with Gasteiger partial charge in [0.25, 0.3) is 0 Å². The Morgan fingerprint density at radius 3 is 2.48 bits per heavy atom. The zero-order chi connectivity index (χ0) is 17.0. The van der Waals surface area contributed by atoms with E-state index in [1.165, 1.54) is 38.5 Å². The van der Waals surface area contributed by atoms with Crippen molar-refractivity contribution >= 4 is 5.57 Å². The summed E-state index contributed by atoms with van der Waals surface area (Å²) in [5.41, 5.74) is 2.36. The minimum Gasteiger partial charge on any atom is -0.356 e. The lowest BCUT2D eigenvalue weighted by Crippen LogP contribution is -2.58. The van der Waals surface area contributed by atoms with Crippen molar-refractivity contribution in [1.82, 2.24) is 10.5 Å². The van der Waals surface area contributed by atoms with Gasteiger partial charge in [-0.3, -0.25) is 0 Å². The average Bonchev–Trinajstić information content (AvgIpc) is 3.00. The molecule has 0 aliphatic heterocycles. The van der Waals surface area contributed by atoms with E-state index >= 15 is 0 Å². The lowest BCUT2D eigenvalue weighted by molar-refractivity contribution is -0.0208. The fraction of sp³-hybridized carbons (Fsp3) is 0.667. The van der Waals surface area contributed by atoms with Crippen molar-refractivity contribution in [1.29, 1.82) is 0 Å². The number of hydrogen-bond donors (Lipinski definition) is 1. The summed E-state index contributed by atoms with van der Waals surface area (Å²) in [6.07, 6.45) is 12.3. The Bertz CT molecular complexity index is 697. The van der Waals surface area contributed by atoms with E-state index in [0.717, 1.165) is 41.3 Å². The Hall–Kier alpha value is -1.42. The molecule has 1 atom stereocenters. The van der Waals surface area contributed by atoms with Crippen molar-refractivity contribution in [2.75, 3.05) is 0 Å². The van der Waals surface area contributed by atoms with Gasteiger partial charge in [0.1, 0.15) is 5.83 Å². The number of aromatic nitrogens is 1. The molecule has 0 spiro atoms. The van der Waals surface area contributed by atoms with Crippen LogP contribution in [0.15, 0.2) is 28.6 Å². The van der Waals surface area contributed by atoms with Crippen LogP contribution in [0, 0.1) is 23.7 Å². The number of nitrogens with zero attached hydrogens (tertiary/aromatic N) is 1. The summed E-state index contributed by atoms with van der Waals surface area (Å²) in [5.74, 6) is 3.71. The van der Waals surface area contributed by atoms with Crippen molar-refractivity contribution in [2.45, 2.75) is 64.0 Å². The number of allylic oxidation sites excluding steroid dienone is 4. The van der Waals surface area contributed by atoms with Crippen LogP contribution in [0.2, 0.25) is 0 Å². The quantitative estimate of drug-likeness (QED) is 0.836. The lowest BCUT2D eigenvalue weighted by atomic mass is 9.53. The summed E-state index contributed by atoms with van der Waals surface area (Å²) >= 11 is 0. The molecule has 5 aliphatic carbocycles. The van der Waals surface area contributed by atoms with Crippen molar-refractivity contribution in [3.8, 4) is 0 Å². The summed E-state index contributed by atoms with van der Waals surface area (Å²) in [6.45, 7) is 2.82. The Kier molecular flexibility index (Phi) is 3.67. The van der Waals surface area contributed by atoms with Gasteiger partial charge in [0.2, 0.25) is 0 Å². The van der Waals surface area contributed by atoms with Gasteiger partial charge in [0, 0.05) is 30.1 Å². The van der Waals surface area contributed by atoms with E-state index in [9.17, 15) is 4.39 Å². The maximum Gasteiger partial charge on any atom is 0.163 e. The van der Waals surface area contributed by atoms with E-state index in [1.807, 2.05) is 19.1 Å². The number of nitrogens with one attached hydrogen (secondary N) is 1. The Morgan fingerprint density at radius 1 is 1.16 bits per heavy atom. The zero-order valence-electron chi connectivity index (χ0n) is 14.9. The van der Waals surface area contributed by atoms with Crippen LogP contribution in [0.5, 0.6) is 0 Å². The fourth-order valence-electron chi connectivity index (χ4n) is 6.28. The van der Waals surface area contributed by atoms with E-state index in [-0.39, 0.29) is 11.7 Å². The Balaban J connectivity index is 1.28. The summed E-state index contributed by atoms with van der Waals surface area (Å²) < 4.78 is 18.9. The first-order valence-corrected chi connectivity index (χ1v) is 9.86. The van der Waals surface area contributed by atoms with Crippen LogP contribution in [0.4, 0.5) is 4.39 Å². The molecule has 4 bridgehead atoms. The third kappa shape index (κ3) is 2.88. The molecular formula is C21H27FN2O. The van der Waals surface area contributed by atoms with E-state index in [4.69, 9.17) is 4.52 Å². The van der Waals surface area contributed by atoms with Crippen LogP contribution < -0.4 is 5.32 Å². The highest BCUT2D eigenvalue weighted by atomic mass is 19.1. The summed E-state index contributed by atoms with van der Waals surface area (Å²) in [7, 11) is 0. The van der Waals surface area contributed by atoms with Crippen molar-refractivity contribution in [3.63, 3.8) is 0 Å². The molecule has 0 radical (unpaired) electrons. The molecule has 1 N–H and O–H groups in total. The van der Waals surface area contributed by atoms with Gasteiger partial charge in [0.15, 0.2) is 5.76 Å². The smallest absolute Gasteiger partial charge is 0.163 e. The average molecular weight is 342 g/mol. The molecule has 6 rings (SSSR count). The molecule has 1 aromatic rings. The van der Waals surface area contributed by atoms with Crippen molar-refractivity contribution < 1.29 is 8.91 Å². The van der Waals surface area contributed by atoms with Gasteiger partial charge in [-0.15, -0.1) is 0 Å². The molecule has 4 fully saturated rings. The molecule has 0 amide bonds. The molecule has 0 aromatic carbocycles. The van der Waals surface area contributed by atoms with Crippen LogP contribution in [0.25, 0.3) is 5.57 Å². The van der Waals surface area contributed by atoms with Gasteiger partial charge in [0.05, 0.1) is 5.69 Å². The predicted octanol–water partition coefficient (Wildman–Crippen LogP) is 5.01. The van der Waals surface area contributed by atoms with Gasteiger partial charge < -0.3 is 9.84 Å². The normalized spacial score (nSPS) is 39.4. The van der Waals surface area contributed by atoms with Crippen LogP contribution in [-0.2, 0) is 6.54 Å². The molecule has 4 heteroatoms. The second-order valence-corrected chi connectivity index (χ2v) is 9.07. The largest absolute Gasteiger partial charge is 0.356 e. The minimum absolute atomic E-state index is 0.0560. The molecule has 5 aliphatic rings. The molecule has 0 saturated heterocycles. The van der Waals surface area contributed by atoms with Crippen LogP contribution in [0.1, 0.15) is 63.3 Å². The summed E-state index contributed by atoms with van der Waals surface area (Å²) in [4.78, 5) is 0. The molecular weight excluding hydrogens is 315 g/mol. The SMILES string of the molecule is CC1CC(F)=CC=C1c1cc(CNC23CC4CC(CC(C4)C2)C3)no1. The van der Waals surface area contributed by atoms with Crippen molar-refractivity contribution in [3.05, 3.63) is 35.5 Å². The van der Waals surface area contributed by atoms with Gasteiger partial charge in [-0.2, -0.15) is 0 Å².